The molecule has 1 heterocycles. The van der Waals surface area contributed by atoms with Crippen molar-refractivity contribution in [1.82, 2.24) is 4.90 Å². The maximum Gasteiger partial charge on any atom is 0.225 e. The molecule has 1 aromatic carbocycles. The lowest BCUT2D eigenvalue weighted by Crippen LogP contribution is -2.37. The fourth-order valence-corrected chi connectivity index (χ4v) is 2.92. The minimum absolute atomic E-state index is 0.0681. The second-order valence-electron chi connectivity index (χ2n) is 4.87. The smallest absolute Gasteiger partial charge is 0.225 e. The molecule has 1 aliphatic heterocycles. The zero-order valence-corrected chi connectivity index (χ0v) is 11.9. The molecule has 2 atom stereocenters. The summed E-state index contributed by atoms with van der Waals surface area (Å²) in [5, 5.41) is 1.20. The Morgan fingerprint density at radius 2 is 2.06 bits per heavy atom. The summed E-state index contributed by atoms with van der Waals surface area (Å²) >= 11 is 12.2. The average Bonchev–Trinajstić information content (AvgIpc) is 2.57. The van der Waals surface area contributed by atoms with Crippen molar-refractivity contribution in [3.05, 3.63) is 33.8 Å². The Balaban J connectivity index is 2.46. The molecular formula is C13H16Cl2N2O. The van der Waals surface area contributed by atoms with Crippen LogP contribution in [0.2, 0.25) is 10.0 Å². The molecule has 0 bridgehead atoms. The monoisotopic (exact) mass is 286 g/mol. The molecule has 2 unspecified atom stereocenters. The number of carbonyl (C=O) groups is 1. The van der Waals surface area contributed by atoms with E-state index in [1.165, 1.54) is 0 Å². The molecule has 2 rings (SSSR count). The third-order valence-electron chi connectivity index (χ3n) is 3.24. The van der Waals surface area contributed by atoms with Gasteiger partial charge in [0, 0.05) is 28.5 Å². The molecule has 5 heteroatoms. The van der Waals surface area contributed by atoms with Crippen LogP contribution in [0, 0.1) is 0 Å². The van der Waals surface area contributed by atoms with Crippen LogP contribution in [0.4, 0.5) is 0 Å². The van der Waals surface area contributed by atoms with E-state index in [1.54, 1.807) is 23.1 Å². The van der Waals surface area contributed by atoms with E-state index in [0.717, 1.165) is 5.56 Å². The van der Waals surface area contributed by atoms with Gasteiger partial charge in [-0.2, -0.15) is 0 Å². The van der Waals surface area contributed by atoms with Crippen LogP contribution < -0.4 is 5.73 Å². The number of nitrogens with two attached hydrogens (primary N) is 1. The fourth-order valence-electron chi connectivity index (χ4n) is 2.51. The number of rotatable bonds is 2. The lowest BCUT2D eigenvalue weighted by Gasteiger charge is -2.31. The summed E-state index contributed by atoms with van der Waals surface area (Å²) in [5.41, 5.74) is 6.91. The van der Waals surface area contributed by atoms with E-state index in [9.17, 15) is 4.79 Å². The second kappa shape index (κ2) is 5.08. The lowest BCUT2D eigenvalue weighted by molar-refractivity contribution is -0.130. The molecule has 3 nitrogen and oxygen atoms in total. The van der Waals surface area contributed by atoms with Gasteiger partial charge >= 0.3 is 0 Å². The number of likely N-dealkylation sites (tertiary alicyclic amines) is 1. The second-order valence-corrected chi connectivity index (χ2v) is 5.72. The van der Waals surface area contributed by atoms with Crippen molar-refractivity contribution < 1.29 is 4.79 Å². The molecule has 98 valence electrons. The van der Waals surface area contributed by atoms with Crippen molar-refractivity contribution in [3.8, 4) is 0 Å². The van der Waals surface area contributed by atoms with Crippen molar-refractivity contribution >= 4 is 29.1 Å². The minimum Gasteiger partial charge on any atom is -0.332 e. The molecule has 2 N–H and O–H groups in total. The van der Waals surface area contributed by atoms with Gasteiger partial charge in [-0.3, -0.25) is 4.79 Å². The summed E-state index contributed by atoms with van der Waals surface area (Å²) in [6, 6.07) is 4.93. The summed E-state index contributed by atoms with van der Waals surface area (Å²) in [5.74, 6) is 0.0681. The highest BCUT2D eigenvalue weighted by Gasteiger charge is 2.40. The number of amides is 1. The summed E-state index contributed by atoms with van der Waals surface area (Å²) in [7, 11) is 0. The van der Waals surface area contributed by atoms with Crippen LogP contribution in [0.25, 0.3) is 0 Å². The fraction of sp³-hybridized carbons (Fsp3) is 0.462. The quantitative estimate of drug-likeness (QED) is 0.909. The van der Waals surface area contributed by atoms with Crippen LogP contribution in [-0.2, 0) is 4.79 Å². The zero-order valence-electron chi connectivity index (χ0n) is 10.4. The van der Waals surface area contributed by atoms with Gasteiger partial charge in [0.2, 0.25) is 5.91 Å². The van der Waals surface area contributed by atoms with Crippen molar-refractivity contribution in [2.24, 2.45) is 5.73 Å². The predicted molar refractivity (Wildman–Crippen MR) is 73.8 cm³/mol. The topological polar surface area (TPSA) is 46.3 Å². The Morgan fingerprint density at radius 1 is 1.39 bits per heavy atom. The van der Waals surface area contributed by atoms with E-state index in [0.29, 0.717) is 16.5 Å². The number of nitrogens with zero attached hydrogens (tertiary/aromatic N) is 1. The van der Waals surface area contributed by atoms with Gasteiger partial charge in [0.15, 0.2) is 0 Å². The standard InChI is InChI=1S/C13H16Cl2N2O/c1-7(2)17-12(18)6-11(16)13(17)9-5-8(14)3-4-10(9)15/h3-5,7,11,13H,6,16H2,1-2H3. The molecule has 1 fully saturated rings. The Hall–Kier alpha value is -0.770. The van der Waals surface area contributed by atoms with Crippen LogP contribution >= 0.6 is 23.2 Å². The highest BCUT2D eigenvalue weighted by Crippen LogP contribution is 2.38. The minimum atomic E-state index is -0.240. The van der Waals surface area contributed by atoms with Crippen LogP contribution in [0.5, 0.6) is 0 Å². The Labute approximate surface area is 117 Å². The predicted octanol–water partition coefficient (Wildman–Crippen LogP) is 3.00. The molecule has 0 radical (unpaired) electrons. The van der Waals surface area contributed by atoms with E-state index >= 15 is 0 Å². The van der Waals surface area contributed by atoms with Gasteiger partial charge in [-0.05, 0) is 37.6 Å². The third kappa shape index (κ3) is 2.35. The largest absolute Gasteiger partial charge is 0.332 e. The highest BCUT2D eigenvalue weighted by molar-refractivity contribution is 6.33. The summed E-state index contributed by atoms with van der Waals surface area (Å²) < 4.78 is 0. The first-order valence-corrected chi connectivity index (χ1v) is 6.69. The van der Waals surface area contributed by atoms with Crippen LogP contribution in [-0.4, -0.2) is 22.9 Å². The summed E-state index contributed by atoms with van der Waals surface area (Å²) in [6.45, 7) is 3.95. The van der Waals surface area contributed by atoms with Gasteiger partial charge in [0.25, 0.3) is 0 Å². The van der Waals surface area contributed by atoms with Gasteiger partial charge in [0.1, 0.15) is 0 Å². The van der Waals surface area contributed by atoms with Crippen LogP contribution in [0.1, 0.15) is 31.9 Å². The normalized spacial score (nSPS) is 24.1. The molecule has 0 saturated carbocycles. The zero-order chi connectivity index (χ0) is 13.4. The first kappa shape index (κ1) is 13.7. The molecule has 1 saturated heterocycles. The number of carbonyl (C=O) groups excluding carboxylic acids is 1. The molecule has 1 aromatic rings. The molecule has 0 aromatic heterocycles. The van der Waals surface area contributed by atoms with E-state index < -0.39 is 0 Å². The molecular weight excluding hydrogens is 271 g/mol. The van der Waals surface area contributed by atoms with Gasteiger partial charge < -0.3 is 10.6 Å². The molecule has 0 aliphatic carbocycles. The first-order valence-electron chi connectivity index (χ1n) is 5.93. The average molecular weight is 287 g/mol. The number of hydrogen-bond donors (Lipinski definition) is 1. The van der Waals surface area contributed by atoms with Gasteiger partial charge in [-0.1, -0.05) is 23.2 Å². The molecule has 18 heavy (non-hydrogen) atoms. The van der Waals surface area contributed by atoms with E-state index in [2.05, 4.69) is 0 Å². The maximum atomic E-state index is 12.0. The molecule has 1 amide bonds. The number of halogens is 2. The Bertz CT molecular complexity index is 476. The van der Waals surface area contributed by atoms with E-state index in [1.807, 2.05) is 13.8 Å². The Kier molecular flexibility index (Phi) is 3.85. The number of hydrogen-bond acceptors (Lipinski definition) is 2. The maximum absolute atomic E-state index is 12.0. The van der Waals surface area contributed by atoms with Crippen LogP contribution in [0.3, 0.4) is 0 Å². The van der Waals surface area contributed by atoms with Crippen molar-refractivity contribution in [3.63, 3.8) is 0 Å². The van der Waals surface area contributed by atoms with Crippen molar-refractivity contribution in [2.45, 2.75) is 38.4 Å². The molecule has 1 aliphatic rings. The van der Waals surface area contributed by atoms with E-state index in [4.69, 9.17) is 28.9 Å². The van der Waals surface area contributed by atoms with Crippen molar-refractivity contribution in [1.29, 1.82) is 0 Å². The summed E-state index contributed by atoms with van der Waals surface area (Å²) in [4.78, 5) is 13.8. The summed E-state index contributed by atoms with van der Waals surface area (Å²) in [6.07, 6.45) is 0.353. The van der Waals surface area contributed by atoms with Gasteiger partial charge in [-0.15, -0.1) is 0 Å². The highest BCUT2D eigenvalue weighted by atomic mass is 35.5. The van der Waals surface area contributed by atoms with Crippen molar-refractivity contribution in [2.75, 3.05) is 0 Å². The third-order valence-corrected chi connectivity index (χ3v) is 3.82. The molecule has 0 spiro atoms. The van der Waals surface area contributed by atoms with Gasteiger partial charge in [-0.25, -0.2) is 0 Å². The lowest BCUT2D eigenvalue weighted by atomic mass is 10.00. The van der Waals surface area contributed by atoms with Gasteiger partial charge in [0.05, 0.1) is 6.04 Å². The van der Waals surface area contributed by atoms with E-state index in [-0.39, 0.29) is 24.0 Å². The number of benzene rings is 1. The first-order chi connectivity index (χ1) is 8.41. The SMILES string of the molecule is CC(C)N1C(=O)CC(N)C1c1cc(Cl)ccc1Cl. The van der Waals surface area contributed by atoms with Crippen LogP contribution in [0.15, 0.2) is 18.2 Å². The Morgan fingerprint density at radius 3 is 2.67 bits per heavy atom.